The van der Waals surface area contributed by atoms with Crippen LogP contribution in [0.3, 0.4) is 0 Å². The van der Waals surface area contributed by atoms with Crippen LogP contribution in [0, 0.1) is 6.92 Å². The number of ketones is 1. The van der Waals surface area contributed by atoms with Gasteiger partial charge in [0.15, 0.2) is 10.9 Å². The van der Waals surface area contributed by atoms with E-state index in [1.54, 1.807) is 13.0 Å². The van der Waals surface area contributed by atoms with Gasteiger partial charge in [-0.2, -0.15) is 0 Å². The predicted octanol–water partition coefficient (Wildman–Crippen LogP) is 5.37. The van der Waals surface area contributed by atoms with Crippen LogP contribution in [0.4, 0.5) is 10.8 Å². The van der Waals surface area contributed by atoms with Crippen LogP contribution < -0.4 is 5.32 Å². The Balaban J connectivity index is 1.69. The second-order valence-corrected chi connectivity index (χ2v) is 7.22. The molecule has 4 aromatic rings. The maximum absolute atomic E-state index is 11.5. The minimum absolute atomic E-state index is 0.0340. The molecule has 26 heavy (non-hydrogen) atoms. The van der Waals surface area contributed by atoms with Crippen molar-refractivity contribution in [2.24, 2.45) is 0 Å². The number of halogens is 1. The van der Waals surface area contributed by atoms with Crippen molar-refractivity contribution >= 4 is 45.2 Å². The SMILES string of the molecule is CC(=O)c1cccc(Nc2nc(-c3c(C)nc4ccc(Cl)cn34)cs2)c1. The number of carbonyl (C=O) groups excluding carboxylic acids is 1. The Morgan fingerprint density at radius 3 is 2.88 bits per heavy atom. The topological polar surface area (TPSA) is 59.3 Å². The van der Waals surface area contributed by atoms with Crippen LogP contribution in [0.5, 0.6) is 0 Å². The molecule has 0 bridgehead atoms. The summed E-state index contributed by atoms with van der Waals surface area (Å²) in [7, 11) is 0. The maximum Gasteiger partial charge on any atom is 0.187 e. The first kappa shape index (κ1) is 16.8. The minimum atomic E-state index is 0.0340. The van der Waals surface area contributed by atoms with Crippen molar-refractivity contribution in [3.63, 3.8) is 0 Å². The van der Waals surface area contributed by atoms with E-state index < -0.39 is 0 Å². The van der Waals surface area contributed by atoms with Gasteiger partial charge in [0.1, 0.15) is 11.3 Å². The van der Waals surface area contributed by atoms with Crippen LogP contribution in [0.15, 0.2) is 48.0 Å². The molecule has 130 valence electrons. The number of thiazole rings is 1. The zero-order valence-electron chi connectivity index (χ0n) is 14.2. The Hall–Kier alpha value is -2.70. The zero-order valence-corrected chi connectivity index (χ0v) is 15.7. The van der Waals surface area contributed by atoms with Crippen molar-refractivity contribution in [2.75, 3.05) is 5.32 Å². The largest absolute Gasteiger partial charge is 0.332 e. The van der Waals surface area contributed by atoms with Crippen molar-refractivity contribution in [3.05, 3.63) is 64.3 Å². The van der Waals surface area contributed by atoms with E-state index in [9.17, 15) is 4.79 Å². The molecule has 4 rings (SSSR count). The number of hydrogen-bond donors (Lipinski definition) is 1. The summed E-state index contributed by atoms with van der Waals surface area (Å²) in [6.07, 6.45) is 1.84. The zero-order chi connectivity index (χ0) is 18.3. The number of carbonyl (C=O) groups is 1. The van der Waals surface area contributed by atoms with Gasteiger partial charge in [-0.15, -0.1) is 11.3 Å². The number of hydrogen-bond acceptors (Lipinski definition) is 5. The van der Waals surface area contributed by atoms with Crippen LogP contribution in [-0.2, 0) is 0 Å². The fraction of sp³-hybridized carbons (Fsp3) is 0.105. The fourth-order valence-electron chi connectivity index (χ4n) is 2.82. The first-order valence-electron chi connectivity index (χ1n) is 7.99. The molecule has 5 nitrogen and oxygen atoms in total. The molecule has 1 N–H and O–H groups in total. The molecule has 0 unspecified atom stereocenters. The van der Waals surface area contributed by atoms with Crippen molar-refractivity contribution in [1.82, 2.24) is 14.4 Å². The summed E-state index contributed by atoms with van der Waals surface area (Å²) in [4.78, 5) is 20.8. The Bertz CT molecular complexity index is 1130. The highest BCUT2D eigenvalue weighted by Crippen LogP contribution is 2.30. The van der Waals surface area contributed by atoms with E-state index in [0.29, 0.717) is 10.6 Å². The van der Waals surface area contributed by atoms with Gasteiger partial charge in [-0.05, 0) is 38.1 Å². The quantitative estimate of drug-likeness (QED) is 0.482. The van der Waals surface area contributed by atoms with Crippen molar-refractivity contribution in [3.8, 4) is 11.4 Å². The third-order valence-corrected chi connectivity index (χ3v) is 5.01. The molecule has 7 heteroatoms. The highest BCUT2D eigenvalue weighted by Gasteiger charge is 2.14. The number of anilines is 2. The lowest BCUT2D eigenvalue weighted by molar-refractivity contribution is 0.101. The average molecular weight is 383 g/mol. The van der Waals surface area contributed by atoms with E-state index in [2.05, 4.69) is 15.3 Å². The van der Waals surface area contributed by atoms with E-state index in [1.807, 2.05) is 53.2 Å². The number of benzene rings is 1. The number of nitrogens with zero attached hydrogens (tertiary/aromatic N) is 3. The number of rotatable bonds is 4. The molecule has 0 aliphatic heterocycles. The lowest BCUT2D eigenvalue weighted by atomic mass is 10.1. The van der Waals surface area contributed by atoms with Crippen molar-refractivity contribution in [1.29, 1.82) is 0 Å². The van der Waals surface area contributed by atoms with Gasteiger partial charge in [0, 0.05) is 22.8 Å². The maximum atomic E-state index is 11.5. The van der Waals surface area contributed by atoms with Crippen LogP contribution in [0.1, 0.15) is 23.0 Å². The smallest absolute Gasteiger partial charge is 0.187 e. The Labute approximate surface area is 159 Å². The number of fused-ring (bicyclic) bond motifs is 1. The summed E-state index contributed by atoms with van der Waals surface area (Å²) in [5, 5.41) is 6.63. The third-order valence-electron chi connectivity index (χ3n) is 4.02. The number of pyridine rings is 1. The molecule has 0 amide bonds. The Kier molecular flexibility index (Phi) is 4.22. The number of Topliss-reactive ketones (excluding diaryl/α,β-unsaturated/α-hetero) is 1. The third kappa shape index (κ3) is 3.09. The van der Waals surface area contributed by atoms with Crippen LogP contribution >= 0.6 is 22.9 Å². The summed E-state index contributed by atoms with van der Waals surface area (Å²) in [6.45, 7) is 3.51. The van der Waals surface area contributed by atoms with E-state index in [1.165, 1.54) is 11.3 Å². The first-order valence-corrected chi connectivity index (χ1v) is 9.25. The molecule has 0 radical (unpaired) electrons. The lowest BCUT2D eigenvalue weighted by Gasteiger charge is -2.04. The van der Waals surface area contributed by atoms with E-state index in [4.69, 9.17) is 11.6 Å². The number of aryl methyl sites for hydroxylation is 1. The first-order chi connectivity index (χ1) is 12.5. The van der Waals surface area contributed by atoms with Crippen molar-refractivity contribution < 1.29 is 4.79 Å². The second-order valence-electron chi connectivity index (χ2n) is 5.92. The van der Waals surface area contributed by atoms with Crippen LogP contribution in [-0.4, -0.2) is 20.2 Å². The van der Waals surface area contributed by atoms with Crippen molar-refractivity contribution in [2.45, 2.75) is 13.8 Å². The van der Waals surface area contributed by atoms with Gasteiger partial charge >= 0.3 is 0 Å². The normalized spacial score (nSPS) is 11.0. The van der Waals surface area contributed by atoms with E-state index in [-0.39, 0.29) is 5.78 Å². The molecule has 0 saturated carbocycles. The number of aromatic nitrogens is 3. The molecule has 0 atom stereocenters. The molecular formula is C19H15ClN4OS. The molecule has 1 aromatic carbocycles. The molecule has 0 fully saturated rings. The molecule has 0 aliphatic rings. The fourth-order valence-corrected chi connectivity index (χ4v) is 3.70. The van der Waals surface area contributed by atoms with Gasteiger partial charge in [0.05, 0.1) is 16.4 Å². The van der Waals surface area contributed by atoms with Crippen LogP contribution in [0.2, 0.25) is 5.02 Å². The van der Waals surface area contributed by atoms with Crippen LogP contribution in [0.25, 0.3) is 17.0 Å². The monoisotopic (exact) mass is 382 g/mol. The molecule has 3 aromatic heterocycles. The van der Waals surface area contributed by atoms with Gasteiger partial charge in [-0.1, -0.05) is 23.7 Å². The number of nitrogens with one attached hydrogen (secondary N) is 1. The Morgan fingerprint density at radius 2 is 2.08 bits per heavy atom. The minimum Gasteiger partial charge on any atom is -0.332 e. The standard InChI is InChI=1S/C19H15ClN4OS/c1-11-18(24-9-14(20)6-7-17(24)21-11)16-10-26-19(23-16)22-15-5-3-4-13(8-15)12(2)25/h3-10H,1-2H3,(H,22,23). The lowest BCUT2D eigenvalue weighted by Crippen LogP contribution is -1.95. The van der Waals surface area contributed by atoms with Gasteiger partial charge in [-0.25, -0.2) is 9.97 Å². The molecule has 3 heterocycles. The van der Waals surface area contributed by atoms with Gasteiger partial charge in [0.25, 0.3) is 0 Å². The Morgan fingerprint density at radius 1 is 1.23 bits per heavy atom. The van der Waals surface area contributed by atoms with E-state index in [0.717, 1.165) is 33.5 Å². The highest BCUT2D eigenvalue weighted by atomic mass is 35.5. The second kappa shape index (κ2) is 6.55. The van der Waals surface area contributed by atoms with Gasteiger partial charge < -0.3 is 5.32 Å². The van der Waals surface area contributed by atoms with Gasteiger partial charge in [0.2, 0.25) is 0 Å². The number of imidazole rings is 1. The molecular weight excluding hydrogens is 368 g/mol. The van der Waals surface area contributed by atoms with E-state index >= 15 is 0 Å². The van der Waals surface area contributed by atoms with Gasteiger partial charge in [-0.3, -0.25) is 9.20 Å². The summed E-state index contributed by atoms with van der Waals surface area (Å²) < 4.78 is 1.95. The summed E-state index contributed by atoms with van der Waals surface area (Å²) in [5.74, 6) is 0.0340. The summed E-state index contributed by atoms with van der Waals surface area (Å²) in [6, 6.07) is 11.1. The highest BCUT2D eigenvalue weighted by molar-refractivity contribution is 7.14. The molecule has 0 aliphatic carbocycles. The predicted molar refractivity (Wildman–Crippen MR) is 106 cm³/mol. The molecule has 0 saturated heterocycles. The molecule has 0 spiro atoms. The summed E-state index contributed by atoms with van der Waals surface area (Å²) in [5.41, 5.74) is 4.97. The average Bonchev–Trinajstić information content (AvgIpc) is 3.18. The summed E-state index contributed by atoms with van der Waals surface area (Å²) >= 11 is 7.63.